The second-order valence-electron chi connectivity index (χ2n) is 5.73. The molecular formula is C16H15ClN8. The van der Waals surface area contributed by atoms with Gasteiger partial charge in [-0.1, -0.05) is 11.6 Å². The van der Waals surface area contributed by atoms with E-state index in [9.17, 15) is 0 Å². The van der Waals surface area contributed by atoms with Crippen molar-refractivity contribution in [1.29, 1.82) is 0 Å². The molecule has 0 aliphatic rings. The molecule has 4 aromatic heterocycles. The van der Waals surface area contributed by atoms with Crippen LogP contribution in [-0.4, -0.2) is 34.3 Å². The molecule has 126 valence electrons. The molecule has 0 saturated carbocycles. The number of nitrogens with zero attached hydrogens (tertiary/aromatic N) is 7. The van der Waals surface area contributed by atoms with Crippen molar-refractivity contribution in [3.63, 3.8) is 0 Å². The minimum Gasteiger partial charge on any atom is -0.337 e. The van der Waals surface area contributed by atoms with Gasteiger partial charge in [0.15, 0.2) is 17.0 Å². The minimum absolute atomic E-state index is 0.430. The number of aryl methyl sites for hydroxylation is 3. The van der Waals surface area contributed by atoms with Crippen LogP contribution in [0.2, 0.25) is 5.15 Å². The highest BCUT2D eigenvalue weighted by molar-refractivity contribution is 6.29. The number of anilines is 2. The number of nitrogens with one attached hydrogen (secondary N) is 1. The molecule has 0 bridgehead atoms. The Morgan fingerprint density at radius 2 is 1.96 bits per heavy atom. The Hall–Kier alpha value is -3.00. The topological polar surface area (TPSA) is 86.3 Å². The zero-order chi connectivity index (χ0) is 17.6. The van der Waals surface area contributed by atoms with Crippen LogP contribution >= 0.6 is 11.6 Å². The van der Waals surface area contributed by atoms with E-state index < -0.39 is 0 Å². The lowest BCUT2D eigenvalue weighted by atomic mass is 10.4. The van der Waals surface area contributed by atoms with Gasteiger partial charge in [-0.25, -0.2) is 14.6 Å². The summed E-state index contributed by atoms with van der Waals surface area (Å²) in [6.45, 7) is 3.90. The summed E-state index contributed by atoms with van der Waals surface area (Å²) in [6.07, 6.45) is 3.35. The van der Waals surface area contributed by atoms with Gasteiger partial charge in [-0.2, -0.15) is 15.1 Å². The molecule has 0 fully saturated rings. The van der Waals surface area contributed by atoms with Gasteiger partial charge in [-0.15, -0.1) is 0 Å². The standard InChI is InChI=1S/C16H15ClN8/c1-9-6-10(2)25(23-9)16-21-14(13-15(22-16)24(3)8-19-13)20-11-4-5-12(17)18-7-11/h4-8H,1-3H3,(H,20,21,22). The molecule has 0 unspecified atom stereocenters. The number of halogens is 1. The first-order valence-corrected chi connectivity index (χ1v) is 8.00. The van der Waals surface area contributed by atoms with Crippen molar-refractivity contribution >= 4 is 34.3 Å². The zero-order valence-corrected chi connectivity index (χ0v) is 14.7. The molecular weight excluding hydrogens is 340 g/mol. The predicted octanol–water partition coefficient (Wildman–Crippen LogP) is 2.96. The van der Waals surface area contributed by atoms with Gasteiger partial charge in [-0.05, 0) is 32.0 Å². The number of hydrogen-bond donors (Lipinski definition) is 1. The van der Waals surface area contributed by atoms with Gasteiger partial charge in [0.2, 0.25) is 0 Å². The summed E-state index contributed by atoms with van der Waals surface area (Å²) < 4.78 is 3.56. The summed E-state index contributed by atoms with van der Waals surface area (Å²) in [5, 5.41) is 8.13. The molecule has 4 aromatic rings. The molecule has 0 aromatic carbocycles. The van der Waals surface area contributed by atoms with Crippen LogP contribution in [0.25, 0.3) is 17.1 Å². The highest BCUT2D eigenvalue weighted by Gasteiger charge is 2.15. The van der Waals surface area contributed by atoms with Crippen molar-refractivity contribution in [2.75, 3.05) is 5.32 Å². The molecule has 0 radical (unpaired) electrons. The molecule has 0 saturated heterocycles. The highest BCUT2D eigenvalue weighted by atomic mass is 35.5. The molecule has 4 rings (SSSR count). The molecule has 0 spiro atoms. The largest absolute Gasteiger partial charge is 0.337 e. The molecule has 0 amide bonds. The van der Waals surface area contributed by atoms with Gasteiger partial charge in [0.05, 0.1) is 23.9 Å². The Balaban J connectivity index is 1.87. The van der Waals surface area contributed by atoms with Crippen LogP contribution in [0.1, 0.15) is 11.4 Å². The highest BCUT2D eigenvalue weighted by Crippen LogP contribution is 2.24. The lowest BCUT2D eigenvalue weighted by Crippen LogP contribution is -2.08. The molecule has 8 nitrogen and oxygen atoms in total. The maximum Gasteiger partial charge on any atom is 0.254 e. The van der Waals surface area contributed by atoms with E-state index in [0.717, 1.165) is 17.1 Å². The number of imidazole rings is 1. The van der Waals surface area contributed by atoms with Crippen molar-refractivity contribution in [2.24, 2.45) is 7.05 Å². The van der Waals surface area contributed by atoms with Gasteiger partial charge >= 0.3 is 0 Å². The van der Waals surface area contributed by atoms with E-state index in [0.29, 0.717) is 28.1 Å². The van der Waals surface area contributed by atoms with Crippen LogP contribution in [-0.2, 0) is 7.05 Å². The molecule has 25 heavy (non-hydrogen) atoms. The Kier molecular flexibility index (Phi) is 3.61. The van der Waals surface area contributed by atoms with Crippen LogP contribution in [0, 0.1) is 13.8 Å². The van der Waals surface area contributed by atoms with Crippen molar-refractivity contribution in [1.82, 2.24) is 34.3 Å². The van der Waals surface area contributed by atoms with Crippen LogP contribution in [0.4, 0.5) is 11.5 Å². The molecule has 1 N–H and O–H groups in total. The summed E-state index contributed by atoms with van der Waals surface area (Å²) in [5.41, 5.74) is 4.00. The molecule has 0 aliphatic carbocycles. The van der Waals surface area contributed by atoms with E-state index in [4.69, 9.17) is 11.6 Å². The quantitative estimate of drug-likeness (QED) is 0.569. The number of pyridine rings is 1. The van der Waals surface area contributed by atoms with Crippen LogP contribution in [0.5, 0.6) is 0 Å². The van der Waals surface area contributed by atoms with Crippen molar-refractivity contribution in [2.45, 2.75) is 13.8 Å². The van der Waals surface area contributed by atoms with E-state index in [-0.39, 0.29) is 0 Å². The molecule has 0 aliphatic heterocycles. The van der Waals surface area contributed by atoms with Gasteiger partial charge in [0.25, 0.3) is 5.95 Å². The predicted molar refractivity (Wildman–Crippen MR) is 95.4 cm³/mol. The summed E-state index contributed by atoms with van der Waals surface area (Å²) in [4.78, 5) is 17.7. The normalized spacial score (nSPS) is 11.2. The van der Waals surface area contributed by atoms with Crippen LogP contribution in [0.15, 0.2) is 30.7 Å². The van der Waals surface area contributed by atoms with Crippen molar-refractivity contribution in [3.05, 3.63) is 47.3 Å². The zero-order valence-electron chi connectivity index (χ0n) is 13.9. The van der Waals surface area contributed by atoms with Gasteiger partial charge in [0.1, 0.15) is 5.15 Å². The molecule has 4 heterocycles. The first kappa shape index (κ1) is 15.5. The maximum absolute atomic E-state index is 5.85. The summed E-state index contributed by atoms with van der Waals surface area (Å²) in [6, 6.07) is 5.52. The van der Waals surface area contributed by atoms with E-state index >= 15 is 0 Å². The number of rotatable bonds is 3. The minimum atomic E-state index is 0.430. The fourth-order valence-electron chi connectivity index (χ4n) is 2.60. The molecule has 0 atom stereocenters. The number of hydrogen-bond acceptors (Lipinski definition) is 6. The fraction of sp³-hybridized carbons (Fsp3) is 0.188. The average molecular weight is 355 g/mol. The Bertz CT molecular complexity index is 1060. The van der Waals surface area contributed by atoms with E-state index in [1.54, 1.807) is 23.3 Å². The second kappa shape index (κ2) is 5.82. The summed E-state index contributed by atoms with van der Waals surface area (Å²) in [7, 11) is 1.89. The third-order valence-corrected chi connectivity index (χ3v) is 3.96. The third kappa shape index (κ3) is 2.80. The van der Waals surface area contributed by atoms with Gasteiger partial charge in [0, 0.05) is 12.7 Å². The summed E-state index contributed by atoms with van der Waals surface area (Å²) in [5.74, 6) is 1.06. The first-order chi connectivity index (χ1) is 12.0. The van der Waals surface area contributed by atoms with Gasteiger partial charge < -0.3 is 9.88 Å². The Morgan fingerprint density at radius 1 is 1.12 bits per heavy atom. The summed E-state index contributed by atoms with van der Waals surface area (Å²) >= 11 is 5.85. The van der Waals surface area contributed by atoms with E-state index in [1.807, 2.05) is 37.6 Å². The monoisotopic (exact) mass is 354 g/mol. The van der Waals surface area contributed by atoms with E-state index in [2.05, 4.69) is 30.4 Å². The van der Waals surface area contributed by atoms with Crippen LogP contribution < -0.4 is 5.32 Å². The Morgan fingerprint density at radius 3 is 2.64 bits per heavy atom. The molecule has 9 heteroatoms. The SMILES string of the molecule is Cc1cc(C)n(-c2nc(Nc3ccc(Cl)nc3)c3ncn(C)c3n2)n1. The third-order valence-electron chi connectivity index (χ3n) is 3.74. The van der Waals surface area contributed by atoms with Crippen molar-refractivity contribution < 1.29 is 0 Å². The lowest BCUT2D eigenvalue weighted by Gasteiger charge is -2.09. The Labute approximate surface area is 148 Å². The van der Waals surface area contributed by atoms with Crippen LogP contribution in [0.3, 0.4) is 0 Å². The fourth-order valence-corrected chi connectivity index (χ4v) is 2.71. The van der Waals surface area contributed by atoms with Gasteiger partial charge in [-0.3, -0.25) is 0 Å². The first-order valence-electron chi connectivity index (χ1n) is 7.62. The number of aromatic nitrogens is 7. The average Bonchev–Trinajstić information content (AvgIpc) is 3.12. The van der Waals surface area contributed by atoms with Crippen molar-refractivity contribution in [3.8, 4) is 5.95 Å². The second-order valence-corrected chi connectivity index (χ2v) is 6.12. The lowest BCUT2D eigenvalue weighted by molar-refractivity contribution is 0.776. The van der Waals surface area contributed by atoms with E-state index in [1.165, 1.54) is 0 Å². The maximum atomic E-state index is 5.85. The number of fused-ring (bicyclic) bond motifs is 1. The smallest absolute Gasteiger partial charge is 0.254 e.